The Bertz CT molecular complexity index is 632. The number of nitriles is 1. The van der Waals surface area contributed by atoms with E-state index < -0.39 is 5.82 Å². The number of benzene rings is 2. The summed E-state index contributed by atoms with van der Waals surface area (Å²) in [5, 5.41) is 21.1. The van der Waals surface area contributed by atoms with E-state index in [9.17, 15) is 9.50 Å². The smallest absolute Gasteiger partial charge is 0.147 e. The molecule has 0 aliphatic rings. The fourth-order valence-corrected chi connectivity index (χ4v) is 2.02. The summed E-state index contributed by atoms with van der Waals surface area (Å²) in [4.78, 5) is 0. The van der Waals surface area contributed by atoms with Gasteiger partial charge in [-0.3, -0.25) is 0 Å². The average molecular weight is 270 g/mol. The third-order valence-electron chi connectivity index (χ3n) is 3.13. The summed E-state index contributed by atoms with van der Waals surface area (Å²) in [6, 6.07) is 13.0. The van der Waals surface area contributed by atoms with Crippen LogP contribution in [0.25, 0.3) is 0 Å². The van der Waals surface area contributed by atoms with Gasteiger partial charge in [-0.25, -0.2) is 4.39 Å². The Hall–Kier alpha value is -2.54. The zero-order chi connectivity index (χ0) is 14.5. The minimum Gasteiger partial charge on any atom is -0.508 e. The first-order chi connectivity index (χ1) is 9.63. The van der Waals surface area contributed by atoms with Gasteiger partial charge in [0.15, 0.2) is 0 Å². The molecule has 0 aliphatic heterocycles. The van der Waals surface area contributed by atoms with Crippen LogP contribution in [-0.2, 0) is 0 Å². The molecule has 2 N–H and O–H groups in total. The molecule has 0 spiro atoms. The van der Waals surface area contributed by atoms with Gasteiger partial charge in [0.25, 0.3) is 0 Å². The Balaban J connectivity index is 2.22. The number of rotatable bonds is 4. The number of phenolic OH excluding ortho intramolecular Hbond substituents is 1. The lowest BCUT2D eigenvalue weighted by Gasteiger charge is -2.19. The summed E-state index contributed by atoms with van der Waals surface area (Å²) in [6.45, 7) is 1.99. The number of halogens is 1. The molecule has 0 radical (unpaired) electrons. The number of nitrogens with one attached hydrogen (secondary N) is 1. The van der Waals surface area contributed by atoms with Gasteiger partial charge in [-0.05, 0) is 42.3 Å². The van der Waals surface area contributed by atoms with Crippen LogP contribution in [-0.4, -0.2) is 5.11 Å². The van der Waals surface area contributed by atoms with E-state index in [0.29, 0.717) is 11.3 Å². The highest BCUT2D eigenvalue weighted by molar-refractivity contribution is 5.50. The van der Waals surface area contributed by atoms with Crippen LogP contribution < -0.4 is 5.32 Å². The third kappa shape index (κ3) is 3.07. The van der Waals surface area contributed by atoms with E-state index in [4.69, 9.17) is 5.26 Å². The van der Waals surface area contributed by atoms with Crippen molar-refractivity contribution in [3.05, 3.63) is 59.4 Å². The maximum absolute atomic E-state index is 13.9. The van der Waals surface area contributed by atoms with Gasteiger partial charge in [-0.15, -0.1) is 0 Å². The topological polar surface area (TPSA) is 56.0 Å². The molecule has 0 saturated carbocycles. The Kier molecular flexibility index (Phi) is 4.21. The highest BCUT2D eigenvalue weighted by atomic mass is 19.1. The van der Waals surface area contributed by atoms with E-state index in [1.165, 1.54) is 6.07 Å². The summed E-state index contributed by atoms with van der Waals surface area (Å²) in [6.07, 6.45) is 0.768. The minimum atomic E-state index is -0.443. The molecule has 2 aromatic rings. The van der Waals surface area contributed by atoms with Gasteiger partial charge in [0.1, 0.15) is 11.6 Å². The van der Waals surface area contributed by atoms with Crippen molar-refractivity contribution >= 4 is 5.69 Å². The van der Waals surface area contributed by atoms with Crippen molar-refractivity contribution in [3.63, 3.8) is 0 Å². The highest BCUT2D eigenvalue weighted by Gasteiger charge is 2.12. The normalized spacial score (nSPS) is 11.7. The number of aromatic hydroxyl groups is 1. The van der Waals surface area contributed by atoms with Crippen molar-refractivity contribution in [2.24, 2.45) is 0 Å². The van der Waals surface area contributed by atoms with Crippen LogP contribution >= 0.6 is 0 Å². The average Bonchev–Trinajstić information content (AvgIpc) is 2.47. The van der Waals surface area contributed by atoms with Gasteiger partial charge in [0, 0.05) is 0 Å². The Morgan fingerprint density at radius 3 is 2.50 bits per heavy atom. The van der Waals surface area contributed by atoms with E-state index in [1.54, 1.807) is 36.4 Å². The molecular formula is C16H15FN2O. The third-order valence-corrected chi connectivity index (χ3v) is 3.13. The van der Waals surface area contributed by atoms with Gasteiger partial charge >= 0.3 is 0 Å². The van der Waals surface area contributed by atoms with E-state index in [1.807, 2.05) is 13.0 Å². The predicted octanol–water partition coefficient (Wildman–Crippen LogP) is 3.97. The molecule has 2 rings (SSSR count). The fraction of sp³-hybridized carbons (Fsp3) is 0.188. The summed E-state index contributed by atoms with van der Waals surface area (Å²) in [5.74, 6) is -0.241. The molecular weight excluding hydrogens is 255 g/mol. The SMILES string of the molecule is CCC(Nc1ccc(C#N)cc1F)c1ccc(O)cc1. The molecule has 1 unspecified atom stereocenters. The van der Waals surface area contributed by atoms with Gasteiger partial charge in [0.2, 0.25) is 0 Å². The van der Waals surface area contributed by atoms with E-state index >= 15 is 0 Å². The van der Waals surface area contributed by atoms with Crippen molar-refractivity contribution in [1.82, 2.24) is 0 Å². The Morgan fingerprint density at radius 2 is 1.95 bits per heavy atom. The summed E-state index contributed by atoms with van der Waals surface area (Å²) in [7, 11) is 0. The van der Waals surface area contributed by atoms with Crippen molar-refractivity contribution in [2.45, 2.75) is 19.4 Å². The molecule has 0 amide bonds. The molecule has 2 aromatic carbocycles. The minimum absolute atomic E-state index is 0.0574. The van der Waals surface area contributed by atoms with Crippen LogP contribution in [0.3, 0.4) is 0 Å². The van der Waals surface area contributed by atoms with E-state index in [2.05, 4.69) is 5.32 Å². The lowest BCUT2D eigenvalue weighted by molar-refractivity contribution is 0.475. The molecule has 0 bridgehead atoms. The molecule has 20 heavy (non-hydrogen) atoms. The van der Waals surface area contributed by atoms with Gasteiger partial charge in [-0.1, -0.05) is 19.1 Å². The second-order valence-corrected chi connectivity index (χ2v) is 4.50. The van der Waals surface area contributed by atoms with Crippen LogP contribution in [0.4, 0.5) is 10.1 Å². The molecule has 0 aliphatic carbocycles. The highest BCUT2D eigenvalue weighted by Crippen LogP contribution is 2.26. The van der Waals surface area contributed by atoms with Crippen molar-refractivity contribution < 1.29 is 9.50 Å². The molecule has 4 heteroatoms. The van der Waals surface area contributed by atoms with Gasteiger partial charge < -0.3 is 10.4 Å². The molecule has 0 aromatic heterocycles. The number of nitrogens with zero attached hydrogens (tertiary/aromatic N) is 1. The zero-order valence-electron chi connectivity index (χ0n) is 11.1. The zero-order valence-corrected chi connectivity index (χ0v) is 11.1. The van der Waals surface area contributed by atoms with Crippen molar-refractivity contribution in [3.8, 4) is 11.8 Å². The second-order valence-electron chi connectivity index (χ2n) is 4.50. The summed E-state index contributed by atoms with van der Waals surface area (Å²) < 4.78 is 13.9. The Labute approximate surface area is 117 Å². The molecule has 0 fully saturated rings. The predicted molar refractivity (Wildman–Crippen MR) is 75.9 cm³/mol. The first-order valence-corrected chi connectivity index (χ1v) is 6.39. The quantitative estimate of drug-likeness (QED) is 0.884. The number of hydrogen-bond acceptors (Lipinski definition) is 3. The maximum Gasteiger partial charge on any atom is 0.147 e. The van der Waals surface area contributed by atoms with E-state index in [-0.39, 0.29) is 11.8 Å². The van der Waals surface area contributed by atoms with Crippen LogP contribution in [0.5, 0.6) is 5.75 Å². The lowest BCUT2D eigenvalue weighted by Crippen LogP contribution is -2.10. The fourth-order valence-electron chi connectivity index (χ4n) is 2.02. The first kappa shape index (κ1) is 13.9. The van der Waals surface area contributed by atoms with Crippen LogP contribution in [0.2, 0.25) is 0 Å². The van der Waals surface area contributed by atoms with Gasteiger partial charge in [0.05, 0.1) is 23.4 Å². The van der Waals surface area contributed by atoms with Crippen molar-refractivity contribution in [2.75, 3.05) is 5.32 Å². The molecule has 102 valence electrons. The number of anilines is 1. The van der Waals surface area contributed by atoms with Crippen LogP contribution in [0.1, 0.15) is 30.5 Å². The number of phenols is 1. The second kappa shape index (κ2) is 6.07. The number of hydrogen-bond donors (Lipinski definition) is 2. The molecule has 0 saturated heterocycles. The molecule has 1 atom stereocenters. The molecule has 3 nitrogen and oxygen atoms in total. The first-order valence-electron chi connectivity index (χ1n) is 6.39. The lowest BCUT2D eigenvalue weighted by atomic mass is 10.0. The van der Waals surface area contributed by atoms with Crippen LogP contribution in [0.15, 0.2) is 42.5 Å². The summed E-state index contributed by atoms with van der Waals surface area (Å²) in [5.41, 5.74) is 1.63. The monoisotopic (exact) mass is 270 g/mol. The molecule has 0 heterocycles. The standard InChI is InChI=1S/C16H15FN2O/c1-2-15(12-4-6-13(20)7-5-12)19-16-8-3-11(10-18)9-14(16)17/h3-9,15,19-20H,2H2,1H3. The summed E-state index contributed by atoms with van der Waals surface area (Å²) >= 11 is 0. The Morgan fingerprint density at radius 1 is 1.25 bits per heavy atom. The van der Waals surface area contributed by atoms with Crippen LogP contribution in [0, 0.1) is 17.1 Å². The van der Waals surface area contributed by atoms with E-state index in [0.717, 1.165) is 12.0 Å². The maximum atomic E-state index is 13.9. The van der Waals surface area contributed by atoms with Crippen molar-refractivity contribution in [1.29, 1.82) is 5.26 Å². The van der Waals surface area contributed by atoms with Gasteiger partial charge in [-0.2, -0.15) is 5.26 Å². The largest absolute Gasteiger partial charge is 0.508 e.